The van der Waals surface area contributed by atoms with E-state index in [1.165, 1.54) is 12.1 Å². The topological polar surface area (TPSA) is 52.1 Å². The summed E-state index contributed by atoms with van der Waals surface area (Å²) in [7, 11) is 0. The Morgan fingerprint density at radius 3 is 2.45 bits per heavy atom. The molecular formula is C25H29F4N3O. The molecule has 2 N–H and O–H groups in total. The minimum absolute atomic E-state index is 0.275. The summed E-state index contributed by atoms with van der Waals surface area (Å²) < 4.78 is 56.4. The van der Waals surface area contributed by atoms with Gasteiger partial charge in [-0.2, -0.15) is 13.2 Å². The number of nitrogens with zero attached hydrogens (tertiary/aromatic N) is 2. The van der Waals surface area contributed by atoms with Crippen LogP contribution in [0.15, 0.2) is 36.5 Å². The summed E-state index contributed by atoms with van der Waals surface area (Å²) in [5, 5.41) is 11.7. The molecule has 3 heterocycles. The molecular weight excluding hydrogens is 434 g/mol. The van der Waals surface area contributed by atoms with Crippen molar-refractivity contribution >= 4 is 16.7 Å². The number of hydrogen-bond donors (Lipinski definition) is 2. The van der Waals surface area contributed by atoms with Crippen molar-refractivity contribution in [2.24, 2.45) is 0 Å². The Kier molecular flexibility index (Phi) is 5.93. The molecule has 1 fully saturated rings. The molecule has 1 aromatic carbocycles. The number of alkyl halides is 3. The summed E-state index contributed by atoms with van der Waals surface area (Å²) in [6, 6.07) is 7.59. The van der Waals surface area contributed by atoms with Crippen LogP contribution in [0.2, 0.25) is 0 Å². The molecule has 1 aliphatic heterocycles. The molecule has 178 valence electrons. The van der Waals surface area contributed by atoms with E-state index in [2.05, 4.69) is 14.9 Å². The smallest absolute Gasteiger partial charge is 0.380 e. The van der Waals surface area contributed by atoms with Gasteiger partial charge in [0, 0.05) is 30.6 Å². The van der Waals surface area contributed by atoms with Crippen LogP contribution in [0.5, 0.6) is 0 Å². The number of aliphatic hydroxyl groups is 1. The van der Waals surface area contributed by atoms with Crippen molar-refractivity contribution in [1.29, 1.82) is 0 Å². The van der Waals surface area contributed by atoms with Crippen molar-refractivity contribution in [3.05, 3.63) is 59.2 Å². The molecule has 0 spiro atoms. The van der Waals surface area contributed by atoms with Gasteiger partial charge in [-0.25, -0.2) is 9.37 Å². The molecule has 2 aromatic heterocycles. The molecule has 1 saturated heterocycles. The van der Waals surface area contributed by atoms with Crippen molar-refractivity contribution in [2.75, 3.05) is 18.0 Å². The second-order valence-corrected chi connectivity index (χ2v) is 9.84. The van der Waals surface area contributed by atoms with Gasteiger partial charge in [0.1, 0.15) is 11.6 Å². The number of pyridine rings is 1. The van der Waals surface area contributed by atoms with Crippen LogP contribution in [-0.4, -0.2) is 39.9 Å². The largest absolute Gasteiger partial charge is 0.417 e. The average molecular weight is 464 g/mol. The highest BCUT2D eigenvalue weighted by atomic mass is 19.4. The Balaban J connectivity index is 1.64. The summed E-state index contributed by atoms with van der Waals surface area (Å²) in [5.74, 6) is 0.287. The third kappa shape index (κ3) is 4.71. The monoisotopic (exact) mass is 463 g/mol. The lowest BCUT2D eigenvalue weighted by molar-refractivity contribution is -0.266. The fourth-order valence-electron chi connectivity index (χ4n) is 5.02. The molecule has 4 nitrogen and oxygen atoms in total. The molecule has 1 aliphatic rings. The number of nitrogens with one attached hydrogen (secondary N) is 1. The van der Waals surface area contributed by atoms with Crippen molar-refractivity contribution in [3.8, 4) is 0 Å². The van der Waals surface area contributed by atoms with Gasteiger partial charge in [0.2, 0.25) is 0 Å². The van der Waals surface area contributed by atoms with Crippen LogP contribution < -0.4 is 4.90 Å². The van der Waals surface area contributed by atoms with Crippen LogP contribution in [0, 0.1) is 12.7 Å². The standard InChI is InChI=1S/C25H29F4N3O/c1-16-6-7-18(26)12-20(16)23(2,3)15-24(33,25(27,28)29)13-19-10-17-11-22(30-14-21(17)31-19)32-8-4-5-9-32/h6-7,10-12,14,31,33H,4-5,8-9,13,15H2,1-3H3. The molecule has 0 amide bonds. The summed E-state index contributed by atoms with van der Waals surface area (Å²) in [4.78, 5) is 9.58. The second kappa shape index (κ2) is 8.31. The Bertz CT molecular complexity index is 1150. The molecule has 4 rings (SSSR count). The fourth-order valence-corrected chi connectivity index (χ4v) is 5.02. The minimum atomic E-state index is -4.87. The molecule has 0 aliphatic carbocycles. The van der Waals surface area contributed by atoms with E-state index in [1.54, 1.807) is 39.1 Å². The average Bonchev–Trinajstić information content (AvgIpc) is 3.37. The first-order chi connectivity index (χ1) is 15.4. The highest BCUT2D eigenvalue weighted by molar-refractivity contribution is 5.82. The number of aryl methyl sites for hydroxylation is 1. The number of fused-ring (bicyclic) bond motifs is 1. The number of hydrogen-bond acceptors (Lipinski definition) is 3. The first kappa shape index (κ1) is 23.5. The number of aromatic nitrogens is 2. The summed E-state index contributed by atoms with van der Waals surface area (Å²) >= 11 is 0. The molecule has 33 heavy (non-hydrogen) atoms. The zero-order valence-electron chi connectivity index (χ0n) is 19.1. The Morgan fingerprint density at radius 2 is 1.79 bits per heavy atom. The van der Waals surface area contributed by atoms with E-state index in [1.807, 2.05) is 6.07 Å². The molecule has 8 heteroatoms. The molecule has 3 aromatic rings. The fraction of sp³-hybridized carbons (Fsp3) is 0.480. The zero-order valence-corrected chi connectivity index (χ0v) is 19.1. The van der Waals surface area contributed by atoms with E-state index in [4.69, 9.17) is 0 Å². The van der Waals surface area contributed by atoms with Crippen LogP contribution in [0.4, 0.5) is 23.4 Å². The van der Waals surface area contributed by atoms with E-state index >= 15 is 0 Å². The molecule has 1 atom stereocenters. The predicted octanol–water partition coefficient (Wildman–Crippen LogP) is 5.81. The summed E-state index contributed by atoms with van der Waals surface area (Å²) in [6.45, 7) is 6.76. The van der Waals surface area contributed by atoms with Gasteiger partial charge < -0.3 is 15.0 Å². The minimum Gasteiger partial charge on any atom is -0.380 e. The van der Waals surface area contributed by atoms with Crippen molar-refractivity contribution in [2.45, 2.75) is 63.6 Å². The van der Waals surface area contributed by atoms with Crippen LogP contribution in [-0.2, 0) is 11.8 Å². The molecule has 1 unspecified atom stereocenters. The van der Waals surface area contributed by atoms with E-state index in [0.29, 0.717) is 16.6 Å². The van der Waals surface area contributed by atoms with Crippen molar-refractivity contribution in [3.63, 3.8) is 0 Å². The Hall–Kier alpha value is -2.61. The molecule has 0 bridgehead atoms. The van der Waals surface area contributed by atoms with Crippen molar-refractivity contribution in [1.82, 2.24) is 9.97 Å². The Labute approximate surface area is 190 Å². The highest BCUT2D eigenvalue weighted by Gasteiger charge is 2.56. The van der Waals surface area contributed by atoms with E-state index in [0.717, 1.165) is 37.1 Å². The Morgan fingerprint density at radius 1 is 1.09 bits per heavy atom. The number of rotatable bonds is 6. The molecule has 0 radical (unpaired) electrons. The number of aromatic amines is 1. The predicted molar refractivity (Wildman–Crippen MR) is 121 cm³/mol. The van der Waals surface area contributed by atoms with Crippen LogP contribution in [0.3, 0.4) is 0 Å². The maximum absolute atomic E-state index is 14.2. The van der Waals surface area contributed by atoms with Gasteiger partial charge in [-0.1, -0.05) is 19.9 Å². The van der Waals surface area contributed by atoms with E-state index < -0.39 is 35.9 Å². The van der Waals surface area contributed by atoms with Gasteiger partial charge in [-0.3, -0.25) is 0 Å². The van der Waals surface area contributed by atoms with Gasteiger partial charge in [-0.15, -0.1) is 0 Å². The quantitative estimate of drug-likeness (QED) is 0.454. The first-order valence-corrected chi connectivity index (χ1v) is 11.2. The number of halogens is 4. The van der Waals surface area contributed by atoms with Crippen molar-refractivity contribution < 1.29 is 22.7 Å². The number of H-pyrrole nitrogens is 1. The van der Waals surface area contributed by atoms with Gasteiger partial charge in [0.05, 0.1) is 11.7 Å². The lowest BCUT2D eigenvalue weighted by Crippen LogP contribution is -2.51. The summed E-state index contributed by atoms with van der Waals surface area (Å²) in [6.07, 6.45) is -2.31. The number of benzene rings is 1. The summed E-state index contributed by atoms with van der Waals surface area (Å²) in [5.41, 5.74) is -2.10. The van der Waals surface area contributed by atoms with Crippen LogP contribution >= 0.6 is 0 Å². The highest BCUT2D eigenvalue weighted by Crippen LogP contribution is 2.44. The normalized spacial score (nSPS) is 17.0. The van der Waals surface area contributed by atoms with Gasteiger partial charge >= 0.3 is 6.18 Å². The molecule has 0 saturated carbocycles. The third-order valence-corrected chi connectivity index (χ3v) is 6.65. The van der Waals surface area contributed by atoms with Crippen LogP contribution in [0.25, 0.3) is 10.9 Å². The lowest BCUT2D eigenvalue weighted by atomic mass is 9.72. The maximum Gasteiger partial charge on any atom is 0.417 e. The zero-order chi connectivity index (χ0) is 24.0. The van der Waals surface area contributed by atoms with Gasteiger partial charge in [-0.05, 0) is 67.0 Å². The second-order valence-electron chi connectivity index (χ2n) is 9.84. The third-order valence-electron chi connectivity index (χ3n) is 6.65. The van der Waals surface area contributed by atoms with Gasteiger partial charge in [0.15, 0.2) is 5.60 Å². The lowest BCUT2D eigenvalue weighted by Gasteiger charge is -2.38. The van der Waals surface area contributed by atoms with E-state index in [-0.39, 0.29) is 5.69 Å². The van der Waals surface area contributed by atoms with Gasteiger partial charge in [0.25, 0.3) is 0 Å². The van der Waals surface area contributed by atoms with Crippen LogP contribution in [0.1, 0.15) is 49.9 Å². The maximum atomic E-state index is 14.2. The SMILES string of the molecule is Cc1ccc(F)cc1C(C)(C)CC(O)(Cc1cc2cc(N3CCCC3)ncc2[nH]1)C(F)(F)F. The number of anilines is 1. The van der Waals surface area contributed by atoms with E-state index in [9.17, 15) is 22.7 Å². The first-order valence-electron chi connectivity index (χ1n) is 11.2.